The van der Waals surface area contributed by atoms with Crippen LogP contribution in [0.3, 0.4) is 0 Å². The minimum atomic E-state index is 0.473. The van der Waals surface area contributed by atoms with E-state index in [0.29, 0.717) is 10.8 Å². The van der Waals surface area contributed by atoms with Gasteiger partial charge >= 0.3 is 0 Å². The molecule has 1 aliphatic carbocycles. The zero-order valence-corrected chi connectivity index (χ0v) is 9.68. The van der Waals surface area contributed by atoms with Gasteiger partial charge in [0.05, 0.1) is 0 Å². The number of rotatable bonds is 2. The van der Waals surface area contributed by atoms with Gasteiger partial charge < -0.3 is 10.5 Å². The molecule has 0 aromatic heterocycles. The average molecular weight is 197 g/mol. The molecule has 82 valence electrons. The summed E-state index contributed by atoms with van der Waals surface area (Å²) in [6, 6.07) is 0. The van der Waals surface area contributed by atoms with Crippen LogP contribution >= 0.6 is 0 Å². The summed E-state index contributed by atoms with van der Waals surface area (Å²) in [5, 5.41) is 0. The molecule has 2 nitrogen and oxygen atoms in total. The van der Waals surface area contributed by atoms with Crippen molar-refractivity contribution in [1.82, 2.24) is 0 Å². The molecule has 2 aliphatic rings. The van der Waals surface area contributed by atoms with Crippen molar-refractivity contribution >= 4 is 0 Å². The molecule has 0 aromatic rings. The Balaban J connectivity index is 2.08. The maximum Gasteiger partial charge on any atom is 0.0471 e. The Bertz CT molecular complexity index is 218. The summed E-state index contributed by atoms with van der Waals surface area (Å²) in [5.74, 6) is 1.56. The van der Waals surface area contributed by atoms with Gasteiger partial charge in [-0.25, -0.2) is 0 Å². The SMILES string of the molecule is CC1(C2C(CN)C2(C)C)CCOCC1. The highest BCUT2D eigenvalue weighted by molar-refractivity contribution is 5.12. The first-order valence-corrected chi connectivity index (χ1v) is 5.80. The van der Waals surface area contributed by atoms with Gasteiger partial charge in [-0.3, -0.25) is 0 Å². The highest BCUT2D eigenvalue weighted by Gasteiger charge is 2.63. The molecular weight excluding hydrogens is 174 g/mol. The van der Waals surface area contributed by atoms with Gasteiger partial charge in [0.1, 0.15) is 0 Å². The van der Waals surface area contributed by atoms with Crippen LogP contribution in [-0.2, 0) is 4.74 Å². The van der Waals surface area contributed by atoms with Crippen LogP contribution < -0.4 is 5.73 Å². The zero-order chi connectivity index (χ0) is 10.4. The maximum atomic E-state index is 5.83. The minimum absolute atomic E-state index is 0.473. The van der Waals surface area contributed by atoms with Gasteiger partial charge in [-0.1, -0.05) is 20.8 Å². The summed E-state index contributed by atoms with van der Waals surface area (Å²) in [5.41, 5.74) is 6.80. The van der Waals surface area contributed by atoms with Crippen molar-refractivity contribution in [2.45, 2.75) is 33.6 Å². The Kier molecular flexibility index (Phi) is 2.39. The van der Waals surface area contributed by atoms with Crippen LogP contribution in [0.15, 0.2) is 0 Å². The first-order valence-electron chi connectivity index (χ1n) is 5.80. The number of hydrogen-bond donors (Lipinski definition) is 1. The van der Waals surface area contributed by atoms with E-state index < -0.39 is 0 Å². The van der Waals surface area contributed by atoms with E-state index in [1.807, 2.05) is 0 Å². The largest absolute Gasteiger partial charge is 0.381 e. The molecular formula is C12H23NO. The molecule has 1 heterocycles. The van der Waals surface area contributed by atoms with Gasteiger partial charge in [0.15, 0.2) is 0 Å². The van der Waals surface area contributed by atoms with Crippen LogP contribution in [0.1, 0.15) is 33.6 Å². The van der Waals surface area contributed by atoms with Gasteiger partial charge in [-0.2, -0.15) is 0 Å². The lowest BCUT2D eigenvalue weighted by molar-refractivity contribution is 0.00533. The molecule has 1 saturated heterocycles. The molecule has 2 atom stereocenters. The third-order valence-electron chi connectivity index (χ3n) is 4.69. The van der Waals surface area contributed by atoms with E-state index in [0.717, 1.165) is 31.6 Å². The molecule has 2 fully saturated rings. The third kappa shape index (κ3) is 1.40. The predicted molar refractivity (Wildman–Crippen MR) is 58.0 cm³/mol. The van der Waals surface area contributed by atoms with Crippen LogP contribution in [0.25, 0.3) is 0 Å². The normalized spacial score (nSPS) is 39.4. The monoisotopic (exact) mass is 197 g/mol. The highest BCUT2D eigenvalue weighted by Crippen LogP contribution is 2.67. The summed E-state index contributed by atoms with van der Waals surface area (Å²) in [6.07, 6.45) is 2.44. The van der Waals surface area contributed by atoms with Gasteiger partial charge in [-0.15, -0.1) is 0 Å². The first-order chi connectivity index (χ1) is 6.52. The van der Waals surface area contributed by atoms with Crippen molar-refractivity contribution in [3.63, 3.8) is 0 Å². The van der Waals surface area contributed by atoms with E-state index >= 15 is 0 Å². The average Bonchev–Trinajstić information content (AvgIpc) is 2.70. The Morgan fingerprint density at radius 2 is 1.79 bits per heavy atom. The van der Waals surface area contributed by atoms with E-state index in [9.17, 15) is 0 Å². The van der Waals surface area contributed by atoms with Crippen molar-refractivity contribution in [2.24, 2.45) is 28.4 Å². The Labute approximate surface area is 87.2 Å². The van der Waals surface area contributed by atoms with E-state index in [-0.39, 0.29) is 0 Å². The first kappa shape index (κ1) is 10.4. The molecule has 0 radical (unpaired) electrons. The highest BCUT2D eigenvalue weighted by atomic mass is 16.5. The molecule has 0 spiro atoms. The van der Waals surface area contributed by atoms with Crippen molar-refractivity contribution in [3.05, 3.63) is 0 Å². The maximum absolute atomic E-state index is 5.83. The van der Waals surface area contributed by atoms with Crippen LogP contribution in [0.4, 0.5) is 0 Å². The summed E-state index contributed by atoms with van der Waals surface area (Å²) >= 11 is 0. The minimum Gasteiger partial charge on any atom is -0.381 e. The summed E-state index contributed by atoms with van der Waals surface area (Å²) in [7, 11) is 0. The van der Waals surface area contributed by atoms with E-state index in [1.165, 1.54) is 12.8 Å². The molecule has 1 aliphatic heterocycles. The second kappa shape index (κ2) is 3.21. The smallest absolute Gasteiger partial charge is 0.0471 e. The number of ether oxygens (including phenoxy) is 1. The van der Waals surface area contributed by atoms with Crippen LogP contribution in [0.5, 0.6) is 0 Å². The van der Waals surface area contributed by atoms with Crippen LogP contribution in [-0.4, -0.2) is 19.8 Å². The Hall–Kier alpha value is -0.0800. The van der Waals surface area contributed by atoms with E-state index in [2.05, 4.69) is 20.8 Å². The standard InChI is InChI=1S/C12H23NO/c1-11(2)9(8-13)10(11)12(3)4-6-14-7-5-12/h9-10H,4-8,13H2,1-3H3. The van der Waals surface area contributed by atoms with E-state index in [4.69, 9.17) is 10.5 Å². The molecule has 2 N–H and O–H groups in total. The van der Waals surface area contributed by atoms with Gasteiger partial charge in [0.25, 0.3) is 0 Å². The van der Waals surface area contributed by atoms with Crippen molar-refractivity contribution in [3.8, 4) is 0 Å². The Morgan fingerprint density at radius 1 is 1.21 bits per heavy atom. The summed E-state index contributed by atoms with van der Waals surface area (Å²) in [4.78, 5) is 0. The molecule has 2 rings (SSSR count). The fraction of sp³-hybridized carbons (Fsp3) is 1.00. The summed E-state index contributed by atoms with van der Waals surface area (Å²) < 4.78 is 5.45. The quantitative estimate of drug-likeness (QED) is 0.735. The van der Waals surface area contributed by atoms with Crippen molar-refractivity contribution in [1.29, 1.82) is 0 Å². The summed E-state index contributed by atoms with van der Waals surface area (Å²) in [6.45, 7) is 9.91. The lowest BCUT2D eigenvalue weighted by atomic mass is 9.75. The second-order valence-electron chi connectivity index (χ2n) is 5.91. The molecule has 1 saturated carbocycles. The van der Waals surface area contributed by atoms with Gasteiger partial charge in [0, 0.05) is 13.2 Å². The molecule has 0 amide bonds. The van der Waals surface area contributed by atoms with Crippen LogP contribution in [0.2, 0.25) is 0 Å². The fourth-order valence-corrected chi connectivity index (χ4v) is 3.72. The zero-order valence-electron chi connectivity index (χ0n) is 9.68. The lowest BCUT2D eigenvalue weighted by Crippen LogP contribution is -2.30. The Morgan fingerprint density at radius 3 is 2.21 bits per heavy atom. The lowest BCUT2D eigenvalue weighted by Gasteiger charge is -2.35. The second-order valence-corrected chi connectivity index (χ2v) is 5.91. The topological polar surface area (TPSA) is 35.2 Å². The molecule has 2 unspecified atom stereocenters. The predicted octanol–water partition coefficient (Wildman–Crippen LogP) is 2.03. The molecule has 0 aromatic carbocycles. The van der Waals surface area contributed by atoms with Gasteiger partial charge in [-0.05, 0) is 42.1 Å². The molecule has 14 heavy (non-hydrogen) atoms. The third-order valence-corrected chi connectivity index (χ3v) is 4.69. The van der Waals surface area contributed by atoms with Crippen LogP contribution in [0, 0.1) is 22.7 Å². The fourth-order valence-electron chi connectivity index (χ4n) is 3.72. The van der Waals surface area contributed by atoms with Crippen molar-refractivity contribution in [2.75, 3.05) is 19.8 Å². The number of nitrogens with two attached hydrogens (primary N) is 1. The van der Waals surface area contributed by atoms with E-state index in [1.54, 1.807) is 0 Å². The molecule has 2 heteroatoms. The van der Waals surface area contributed by atoms with Gasteiger partial charge in [0.2, 0.25) is 0 Å². The number of hydrogen-bond acceptors (Lipinski definition) is 2. The molecule has 0 bridgehead atoms. The van der Waals surface area contributed by atoms with Crippen molar-refractivity contribution < 1.29 is 4.74 Å².